The summed E-state index contributed by atoms with van der Waals surface area (Å²) in [5, 5.41) is 8.55. The number of nitriles is 1. The van der Waals surface area contributed by atoms with E-state index in [4.69, 9.17) is 5.26 Å². The molecule has 0 N–H and O–H groups in total. The highest BCUT2D eigenvalue weighted by molar-refractivity contribution is 4.92. The molecular formula is C11H17F3N2. The second-order valence-electron chi connectivity index (χ2n) is 4.58. The predicted molar refractivity (Wildman–Crippen MR) is 54.6 cm³/mol. The molecule has 3 atom stereocenters. The summed E-state index contributed by atoms with van der Waals surface area (Å²) in [5.74, 6) is -1.46. The Morgan fingerprint density at radius 1 is 1.44 bits per heavy atom. The van der Waals surface area contributed by atoms with E-state index in [2.05, 4.69) is 0 Å². The third-order valence-electron chi connectivity index (χ3n) is 3.47. The summed E-state index contributed by atoms with van der Waals surface area (Å²) in [4.78, 5) is 1.79. The zero-order valence-electron chi connectivity index (χ0n) is 9.59. The molecule has 0 saturated carbocycles. The second kappa shape index (κ2) is 5.05. The maximum absolute atomic E-state index is 12.5. The zero-order valence-corrected chi connectivity index (χ0v) is 9.59. The number of nitrogens with zero attached hydrogens (tertiary/aromatic N) is 2. The minimum atomic E-state index is -4.41. The van der Waals surface area contributed by atoms with E-state index in [0.717, 1.165) is 12.8 Å². The highest BCUT2D eigenvalue weighted by atomic mass is 19.4. The fraction of sp³-hybridized carbons (Fsp3) is 0.909. The lowest BCUT2D eigenvalue weighted by atomic mass is 9.91. The van der Waals surface area contributed by atoms with Crippen molar-refractivity contribution in [1.29, 1.82) is 5.26 Å². The average Bonchev–Trinajstić information content (AvgIpc) is 2.18. The molecule has 0 radical (unpaired) electrons. The van der Waals surface area contributed by atoms with Crippen LogP contribution in [0.15, 0.2) is 0 Å². The van der Waals surface area contributed by atoms with Crippen molar-refractivity contribution in [1.82, 2.24) is 4.90 Å². The molecule has 0 aromatic carbocycles. The smallest absolute Gasteiger partial charge is 0.299 e. The van der Waals surface area contributed by atoms with Crippen LogP contribution in [0.4, 0.5) is 13.2 Å². The van der Waals surface area contributed by atoms with Gasteiger partial charge in [-0.2, -0.15) is 18.4 Å². The quantitative estimate of drug-likeness (QED) is 0.734. The van der Waals surface area contributed by atoms with Gasteiger partial charge in [0.1, 0.15) is 0 Å². The molecule has 2 nitrogen and oxygen atoms in total. The normalized spacial score (nSPS) is 29.8. The molecule has 1 aliphatic rings. The van der Waals surface area contributed by atoms with Crippen LogP contribution >= 0.6 is 0 Å². The number of alkyl halides is 3. The largest absolute Gasteiger partial charge is 0.405 e. The monoisotopic (exact) mass is 234 g/mol. The van der Waals surface area contributed by atoms with Gasteiger partial charge in [-0.05, 0) is 32.2 Å². The van der Waals surface area contributed by atoms with E-state index in [1.54, 1.807) is 4.90 Å². The maximum atomic E-state index is 12.5. The van der Waals surface area contributed by atoms with Crippen LogP contribution in [0.3, 0.4) is 0 Å². The van der Waals surface area contributed by atoms with Crippen molar-refractivity contribution >= 4 is 0 Å². The van der Waals surface area contributed by atoms with Gasteiger partial charge >= 0.3 is 6.18 Å². The Morgan fingerprint density at radius 3 is 2.56 bits per heavy atom. The molecule has 5 heteroatoms. The SMILES string of the molecule is CC1CCCN(CC(C#N)C(F)(F)F)C1C. The molecule has 1 rings (SSSR count). The summed E-state index contributed by atoms with van der Waals surface area (Å²) >= 11 is 0. The molecule has 1 aliphatic heterocycles. The first kappa shape index (κ1) is 13.3. The number of hydrogen-bond acceptors (Lipinski definition) is 2. The number of likely N-dealkylation sites (tertiary alicyclic amines) is 1. The van der Waals surface area contributed by atoms with Crippen molar-refractivity contribution in [3.63, 3.8) is 0 Å². The Balaban J connectivity index is 2.62. The van der Waals surface area contributed by atoms with E-state index in [1.165, 1.54) is 6.07 Å². The predicted octanol–water partition coefficient (Wildman–Crippen LogP) is 2.81. The van der Waals surface area contributed by atoms with Gasteiger partial charge in [0.15, 0.2) is 5.92 Å². The van der Waals surface area contributed by atoms with Crippen LogP contribution in [0.2, 0.25) is 0 Å². The van der Waals surface area contributed by atoms with Gasteiger partial charge in [-0.3, -0.25) is 4.90 Å². The molecule has 3 unspecified atom stereocenters. The first-order valence-electron chi connectivity index (χ1n) is 5.56. The first-order chi connectivity index (χ1) is 7.36. The van der Waals surface area contributed by atoms with E-state index >= 15 is 0 Å². The summed E-state index contributed by atoms with van der Waals surface area (Å²) in [5.41, 5.74) is 0. The minimum Gasteiger partial charge on any atom is -0.299 e. The van der Waals surface area contributed by atoms with Crippen molar-refractivity contribution in [2.45, 2.75) is 38.9 Å². The van der Waals surface area contributed by atoms with Crippen molar-refractivity contribution in [3.8, 4) is 6.07 Å². The fourth-order valence-corrected chi connectivity index (χ4v) is 2.13. The van der Waals surface area contributed by atoms with E-state index in [1.807, 2.05) is 13.8 Å². The summed E-state index contributed by atoms with van der Waals surface area (Å²) in [7, 11) is 0. The van der Waals surface area contributed by atoms with E-state index in [-0.39, 0.29) is 12.6 Å². The molecule has 0 aromatic heterocycles. The Hall–Kier alpha value is -0.760. The Morgan fingerprint density at radius 2 is 2.06 bits per heavy atom. The third-order valence-corrected chi connectivity index (χ3v) is 3.47. The fourth-order valence-electron chi connectivity index (χ4n) is 2.13. The van der Waals surface area contributed by atoms with Gasteiger partial charge in [-0.25, -0.2) is 0 Å². The highest BCUT2D eigenvalue weighted by Gasteiger charge is 2.42. The van der Waals surface area contributed by atoms with Crippen LogP contribution in [0.25, 0.3) is 0 Å². The molecule has 92 valence electrons. The standard InChI is InChI=1S/C11H17F3N2/c1-8-4-3-5-16(9(8)2)7-10(6-15)11(12,13)14/h8-10H,3-5,7H2,1-2H3. The summed E-state index contributed by atoms with van der Waals surface area (Å²) < 4.78 is 37.4. The molecule has 0 aliphatic carbocycles. The molecule has 0 amide bonds. The number of rotatable bonds is 2. The van der Waals surface area contributed by atoms with Gasteiger partial charge in [-0.1, -0.05) is 6.92 Å². The van der Waals surface area contributed by atoms with Crippen molar-refractivity contribution < 1.29 is 13.2 Å². The molecular weight excluding hydrogens is 217 g/mol. The second-order valence-corrected chi connectivity index (χ2v) is 4.58. The van der Waals surface area contributed by atoms with Gasteiger partial charge in [0.25, 0.3) is 0 Å². The Bertz CT molecular complexity index is 269. The Labute approximate surface area is 94.0 Å². The van der Waals surface area contributed by atoms with Crippen LogP contribution < -0.4 is 0 Å². The van der Waals surface area contributed by atoms with Crippen LogP contribution in [0.1, 0.15) is 26.7 Å². The Kier molecular flexibility index (Phi) is 4.20. The highest BCUT2D eigenvalue weighted by Crippen LogP contribution is 2.30. The molecule has 16 heavy (non-hydrogen) atoms. The van der Waals surface area contributed by atoms with Gasteiger partial charge in [-0.15, -0.1) is 0 Å². The lowest BCUT2D eigenvalue weighted by Gasteiger charge is -2.38. The minimum absolute atomic E-state index is 0.131. The van der Waals surface area contributed by atoms with Crippen LogP contribution in [-0.2, 0) is 0 Å². The molecule has 0 spiro atoms. The average molecular weight is 234 g/mol. The lowest BCUT2D eigenvalue weighted by Crippen LogP contribution is -2.46. The van der Waals surface area contributed by atoms with E-state index < -0.39 is 12.1 Å². The van der Waals surface area contributed by atoms with Crippen molar-refractivity contribution in [2.24, 2.45) is 11.8 Å². The summed E-state index contributed by atoms with van der Waals surface area (Å²) in [6.07, 6.45) is -2.43. The molecule has 0 aromatic rings. The van der Waals surface area contributed by atoms with Crippen molar-refractivity contribution in [3.05, 3.63) is 0 Å². The van der Waals surface area contributed by atoms with Crippen molar-refractivity contribution in [2.75, 3.05) is 13.1 Å². The molecule has 1 heterocycles. The van der Waals surface area contributed by atoms with E-state index in [9.17, 15) is 13.2 Å². The first-order valence-corrected chi connectivity index (χ1v) is 5.56. The summed E-state index contributed by atoms with van der Waals surface area (Å²) in [6, 6.07) is 1.49. The topological polar surface area (TPSA) is 27.0 Å². The number of piperidine rings is 1. The van der Waals surface area contributed by atoms with Gasteiger partial charge in [0.2, 0.25) is 0 Å². The molecule has 1 saturated heterocycles. The van der Waals surface area contributed by atoms with Crippen LogP contribution in [0.5, 0.6) is 0 Å². The van der Waals surface area contributed by atoms with Gasteiger partial charge in [0.05, 0.1) is 6.07 Å². The van der Waals surface area contributed by atoms with E-state index in [0.29, 0.717) is 12.5 Å². The van der Waals surface area contributed by atoms with Crippen LogP contribution in [-0.4, -0.2) is 30.2 Å². The lowest BCUT2D eigenvalue weighted by molar-refractivity contribution is -0.165. The third kappa shape index (κ3) is 3.11. The van der Waals surface area contributed by atoms with Gasteiger partial charge in [0, 0.05) is 12.6 Å². The maximum Gasteiger partial charge on any atom is 0.405 e. The van der Waals surface area contributed by atoms with Crippen LogP contribution in [0, 0.1) is 23.2 Å². The summed E-state index contributed by atoms with van der Waals surface area (Å²) in [6.45, 7) is 4.46. The molecule has 1 fully saturated rings. The number of hydrogen-bond donors (Lipinski definition) is 0. The zero-order chi connectivity index (χ0) is 12.3. The molecule has 0 bridgehead atoms. The van der Waals surface area contributed by atoms with Gasteiger partial charge < -0.3 is 0 Å². The number of halogens is 3.